The van der Waals surface area contributed by atoms with E-state index in [1.807, 2.05) is 0 Å². The second-order valence-corrected chi connectivity index (χ2v) is 5.61. The van der Waals surface area contributed by atoms with Gasteiger partial charge in [0.25, 0.3) is 11.8 Å². The van der Waals surface area contributed by atoms with E-state index in [0.29, 0.717) is 24.4 Å². The molecule has 8 heteroatoms. The van der Waals surface area contributed by atoms with Gasteiger partial charge in [-0.15, -0.1) is 0 Å². The Balaban J connectivity index is 1.96. The number of rotatable bonds is 8. The van der Waals surface area contributed by atoms with Gasteiger partial charge in [0, 0.05) is 19.7 Å². The summed E-state index contributed by atoms with van der Waals surface area (Å²) in [4.78, 5) is 24.2. The number of halogens is 2. The average Bonchev–Trinajstić information content (AvgIpc) is 2.63. The van der Waals surface area contributed by atoms with Gasteiger partial charge in [-0.05, 0) is 24.3 Å². The first-order chi connectivity index (χ1) is 12.5. The Morgan fingerprint density at radius 3 is 2.69 bits per heavy atom. The Labute approximate surface area is 155 Å². The van der Waals surface area contributed by atoms with Crippen LogP contribution in [0.15, 0.2) is 42.5 Å². The molecule has 2 amide bonds. The maximum Gasteiger partial charge on any atom is 0.262 e. The molecule has 0 unspecified atom stereocenters. The summed E-state index contributed by atoms with van der Waals surface area (Å²) in [6.07, 6.45) is 0. The fraction of sp³-hybridized carbons (Fsp3) is 0.222. The zero-order valence-electron chi connectivity index (χ0n) is 14.1. The fourth-order valence-electron chi connectivity index (χ4n) is 2.05. The molecule has 0 aliphatic heterocycles. The number of benzene rings is 2. The van der Waals surface area contributed by atoms with E-state index in [0.717, 1.165) is 6.07 Å². The monoisotopic (exact) mass is 380 g/mol. The van der Waals surface area contributed by atoms with Crippen LogP contribution in [0.1, 0.15) is 10.4 Å². The highest BCUT2D eigenvalue weighted by Gasteiger charge is 2.13. The Hall–Kier alpha value is -2.64. The molecule has 0 aromatic heterocycles. The van der Waals surface area contributed by atoms with Gasteiger partial charge in [-0.25, -0.2) is 4.39 Å². The first kappa shape index (κ1) is 19.7. The molecule has 0 bridgehead atoms. The van der Waals surface area contributed by atoms with Crippen LogP contribution in [-0.2, 0) is 9.53 Å². The number of ether oxygens (including phenoxy) is 2. The second kappa shape index (κ2) is 9.74. The van der Waals surface area contributed by atoms with Crippen molar-refractivity contribution in [3.63, 3.8) is 0 Å². The molecule has 0 fully saturated rings. The molecule has 0 radical (unpaired) electrons. The number of para-hydroxylation sites is 1. The summed E-state index contributed by atoms with van der Waals surface area (Å²) >= 11 is 5.66. The Bertz CT molecular complexity index is 786. The zero-order chi connectivity index (χ0) is 18.9. The van der Waals surface area contributed by atoms with Crippen LogP contribution in [0.2, 0.25) is 5.02 Å². The molecule has 0 aliphatic carbocycles. The molecule has 0 saturated heterocycles. The topological polar surface area (TPSA) is 76.7 Å². The van der Waals surface area contributed by atoms with Gasteiger partial charge in [-0.1, -0.05) is 23.7 Å². The number of anilines is 1. The van der Waals surface area contributed by atoms with Crippen molar-refractivity contribution in [2.45, 2.75) is 0 Å². The molecular weight excluding hydrogens is 363 g/mol. The molecule has 2 rings (SSSR count). The maximum absolute atomic E-state index is 13.1. The van der Waals surface area contributed by atoms with Crippen LogP contribution in [-0.4, -0.2) is 38.7 Å². The van der Waals surface area contributed by atoms with Crippen molar-refractivity contribution in [3.05, 3.63) is 58.9 Å². The normalized spacial score (nSPS) is 10.3. The summed E-state index contributed by atoms with van der Waals surface area (Å²) in [5.74, 6) is -1.11. The van der Waals surface area contributed by atoms with E-state index in [9.17, 15) is 14.0 Å². The molecule has 26 heavy (non-hydrogen) atoms. The van der Waals surface area contributed by atoms with Crippen molar-refractivity contribution < 1.29 is 23.5 Å². The lowest BCUT2D eigenvalue weighted by atomic mass is 10.1. The SMILES string of the molecule is COCCNC(=O)c1ccccc1NC(=O)COc1ccc(F)c(Cl)c1. The first-order valence-corrected chi connectivity index (χ1v) is 8.13. The first-order valence-electron chi connectivity index (χ1n) is 7.75. The van der Waals surface area contributed by atoms with Crippen molar-refractivity contribution >= 4 is 29.1 Å². The van der Waals surface area contributed by atoms with Crippen molar-refractivity contribution in [2.24, 2.45) is 0 Å². The highest BCUT2D eigenvalue weighted by Crippen LogP contribution is 2.21. The van der Waals surface area contributed by atoms with Crippen molar-refractivity contribution in [1.82, 2.24) is 5.32 Å². The lowest BCUT2D eigenvalue weighted by Crippen LogP contribution is -2.28. The third-order valence-corrected chi connectivity index (χ3v) is 3.59. The van der Waals surface area contributed by atoms with Crippen LogP contribution < -0.4 is 15.4 Å². The molecule has 0 atom stereocenters. The minimum absolute atomic E-state index is 0.0963. The number of hydrogen-bond acceptors (Lipinski definition) is 4. The second-order valence-electron chi connectivity index (χ2n) is 5.21. The highest BCUT2D eigenvalue weighted by atomic mass is 35.5. The average molecular weight is 381 g/mol. The molecule has 0 heterocycles. The smallest absolute Gasteiger partial charge is 0.262 e. The van der Waals surface area contributed by atoms with Gasteiger partial charge in [-0.2, -0.15) is 0 Å². The summed E-state index contributed by atoms with van der Waals surface area (Å²) < 4.78 is 23.3. The molecule has 2 aromatic carbocycles. The number of hydrogen-bond donors (Lipinski definition) is 2. The van der Waals surface area contributed by atoms with Gasteiger partial charge >= 0.3 is 0 Å². The van der Waals surface area contributed by atoms with E-state index < -0.39 is 11.7 Å². The summed E-state index contributed by atoms with van der Waals surface area (Å²) in [6, 6.07) is 10.4. The van der Waals surface area contributed by atoms with Gasteiger partial charge in [-0.3, -0.25) is 9.59 Å². The fourth-order valence-corrected chi connectivity index (χ4v) is 2.22. The number of nitrogens with one attached hydrogen (secondary N) is 2. The summed E-state index contributed by atoms with van der Waals surface area (Å²) in [5.41, 5.74) is 0.676. The lowest BCUT2D eigenvalue weighted by Gasteiger charge is -2.12. The van der Waals surface area contributed by atoms with Crippen molar-refractivity contribution in [2.75, 3.05) is 32.2 Å². The van der Waals surface area contributed by atoms with Crippen molar-refractivity contribution in [3.8, 4) is 5.75 Å². The predicted molar refractivity (Wildman–Crippen MR) is 96.2 cm³/mol. The predicted octanol–water partition coefficient (Wildman–Crippen LogP) is 2.87. The van der Waals surface area contributed by atoms with Gasteiger partial charge in [0.05, 0.1) is 22.9 Å². The van der Waals surface area contributed by atoms with E-state index in [1.54, 1.807) is 24.3 Å². The van der Waals surface area contributed by atoms with E-state index in [2.05, 4.69) is 10.6 Å². The summed E-state index contributed by atoms with van der Waals surface area (Å²) in [6.45, 7) is 0.419. The number of amides is 2. The number of carbonyl (C=O) groups excluding carboxylic acids is 2. The summed E-state index contributed by atoms with van der Waals surface area (Å²) in [5, 5.41) is 5.20. The van der Waals surface area contributed by atoms with E-state index in [1.165, 1.54) is 19.2 Å². The molecule has 2 N–H and O–H groups in total. The van der Waals surface area contributed by atoms with Gasteiger partial charge in [0.2, 0.25) is 0 Å². The molecule has 6 nitrogen and oxygen atoms in total. The van der Waals surface area contributed by atoms with Crippen LogP contribution in [0.4, 0.5) is 10.1 Å². The van der Waals surface area contributed by atoms with Crippen LogP contribution in [0, 0.1) is 5.82 Å². The standard InChI is InChI=1S/C18H18ClFN2O4/c1-25-9-8-21-18(24)13-4-2-3-5-16(13)22-17(23)11-26-12-6-7-15(20)14(19)10-12/h2-7,10H,8-9,11H2,1H3,(H,21,24)(H,22,23). The molecule has 0 saturated carbocycles. The van der Waals surface area contributed by atoms with Crippen LogP contribution in [0.25, 0.3) is 0 Å². The molecular formula is C18H18ClFN2O4. The Morgan fingerprint density at radius 1 is 1.19 bits per heavy atom. The number of carbonyl (C=O) groups is 2. The quantitative estimate of drug-likeness (QED) is 0.690. The maximum atomic E-state index is 13.1. The number of methoxy groups -OCH3 is 1. The Morgan fingerprint density at radius 2 is 1.96 bits per heavy atom. The van der Waals surface area contributed by atoms with Gasteiger partial charge < -0.3 is 20.1 Å². The largest absolute Gasteiger partial charge is 0.484 e. The van der Waals surface area contributed by atoms with E-state index >= 15 is 0 Å². The highest BCUT2D eigenvalue weighted by molar-refractivity contribution is 6.30. The van der Waals surface area contributed by atoms with E-state index in [-0.39, 0.29) is 23.3 Å². The Kier molecular flexibility index (Phi) is 7.37. The molecule has 138 valence electrons. The van der Waals surface area contributed by atoms with Crippen LogP contribution >= 0.6 is 11.6 Å². The summed E-state index contributed by atoms with van der Waals surface area (Å²) in [7, 11) is 1.54. The van der Waals surface area contributed by atoms with Gasteiger partial charge in [0.1, 0.15) is 11.6 Å². The third kappa shape index (κ3) is 5.72. The molecule has 0 spiro atoms. The minimum Gasteiger partial charge on any atom is -0.484 e. The third-order valence-electron chi connectivity index (χ3n) is 3.30. The lowest BCUT2D eigenvalue weighted by molar-refractivity contribution is -0.118. The minimum atomic E-state index is -0.572. The zero-order valence-corrected chi connectivity index (χ0v) is 14.8. The van der Waals surface area contributed by atoms with Crippen LogP contribution in [0.3, 0.4) is 0 Å². The van der Waals surface area contributed by atoms with Crippen molar-refractivity contribution in [1.29, 1.82) is 0 Å². The molecule has 2 aromatic rings. The van der Waals surface area contributed by atoms with E-state index in [4.69, 9.17) is 21.1 Å². The molecule has 0 aliphatic rings. The van der Waals surface area contributed by atoms with Crippen LogP contribution in [0.5, 0.6) is 5.75 Å². The van der Waals surface area contributed by atoms with Gasteiger partial charge in [0.15, 0.2) is 6.61 Å².